The van der Waals surface area contributed by atoms with Crippen molar-refractivity contribution in [2.75, 3.05) is 0 Å². The molecule has 0 saturated carbocycles. The third kappa shape index (κ3) is 2.41. The van der Waals surface area contributed by atoms with Crippen LogP contribution < -0.4 is 10.5 Å². The lowest BCUT2D eigenvalue weighted by molar-refractivity contribution is 0.230. The SMILES string of the molecule is Cc1nc(-c2ccc(OC(C)N)cc2)co1. The monoisotopic (exact) mass is 218 g/mol. The quantitative estimate of drug-likeness (QED) is 0.803. The van der Waals surface area contributed by atoms with Crippen LogP contribution in [0, 0.1) is 6.92 Å². The Labute approximate surface area is 94.1 Å². The fraction of sp³-hybridized carbons (Fsp3) is 0.250. The van der Waals surface area contributed by atoms with Crippen molar-refractivity contribution in [3.63, 3.8) is 0 Å². The Bertz CT molecular complexity index is 460. The van der Waals surface area contributed by atoms with Crippen LogP contribution in [0.4, 0.5) is 0 Å². The molecule has 4 heteroatoms. The summed E-state index contributed by atoms with van der Waals surface area (Å²) in [5, 5.41) is 0. The standard InChI is InChI=1S/C12H14N2O2/c1-8(13)16-11-5-3-10(4-6-11)12-7-15-9(2)14-12/h3-8H,13H2,1-2H3. The Kier molecular flexibility index (Phi) is 2.92. The van der Waals surface area contributed by atoms with Gasteiger partial charge in [0.25, 0.3) is 0 Å². The van der Waals surface area contributed by atoms with Gasteiger partial charge in [-0.05, 0) is 31.2 Å². The molecule has 0 fully saturated rings. The highest BCUT2D eigenvalue weighted by atomic mass is 16.5. The van der Waals surface area contributed by atoms with E-state index in [1.54, 1.807) is 13.2 Å². The predicted molar refractivity (Wildman–Crippen MR) is 61.0 cm³/mol. The first-order valence-corrected chi connectivity index (χ1v) is 5.10. The largest absolute Gasteiger partial charge is 0.476 e. The zero-order valence-corrected chi connectivity index (χ0v) is 9.31. The zero-order chi connectivity index (χ0) is 11.5. The van der Waals surface area contributed by atoms with Gasteiger partial charge in [-0.1, -0.05) is 0 Å². The van der Waals surface area contributed by atoms with E-state index in [-0.39, 0.29) is 6.23 Å². The minimum Gasteiger partial charge on any atom is -0.476 e. The molecule has 2 rings (SSSR count). The average Bonchev–Trinajstić information content (AvgIpc) is 2.65. The van der Waals surface area contributed by atoms with E-state index in [1.165, 1.54) is 0 Å². The molecule has 0 saturated heterocycles. The van der Waals surface area contributed by atoms with Crippen molar-refractivity contribution in [3.8, 4) is 17.0 Å². The molecule has 1 aromatic heterocycles. The molecule has 0 aliphatic carbocycles. The molecular weight excluding hydrogens is 204 g/mol. The van der Waals surface area contributed by atoms with Crippen LogP contribution in [0.15, 0.2) is 34.9 Å². The fourth-order valence-electron chi connectivity index (χ4n) is 1.41. The smallest absolute Gasteiger partial charge is 0.191 e. The Morgan fingerprint density at radius 1 is 1.31 bits per heavy atom. The van der Waals surface area contributed by atoms with Crippen LogP contribution in [0.3, 0.4) is 0 Å². The second kappa shape index (κ2) is 4.37. The third-order valence-corrected chi connectivity index (χ3v) is 2.09. The molecule has 0 spiro atoms. The maximum atomic E-state index is 5.53. The number of hydrogen-bond donors (Lipinski definition) is 1. The minimum absolute atomic E-state index is 0.305. The lowest BCUT2D eigenvalue weighted by atomic mass is 10.2. The summed E-state index contributed by atoms with van der Waals surface area (Å²) in [5.41, 5.74) is 7.35. The van der Waals surface area contributed by atoms with Crippen LogP contribution in [-0.2, 0) is 0 Å². The van der Waals surface area contributed by atoms with Crippen LogP contribution in [-0.4, -0.2) is 11.2 Å². The van der Waals surface area contributed by atoms with Gasteiger partial charge in [0.2, 0.25) is 0 Å². The van der Waals surface area contributed by atoms with Crippen LogP contribution >= 0.6 is 0 Å². The summed E-state index contributed by atoms with van der Waals surface area (Å²) in [6, 6.07) is 7.58. The Morgan fingerprint density at radius 2 is 2.00 bits per heavy atom. The van der Waals surface area contributed by atoms with Gasteiger partial charge in [-0.15, -0.1) is 0 Å². The van der Waals surface area contributed by atoms with Crippen molar-refractivity contribution < 1.29 is 9.15 Å². The lowest BCUT2D eigenvalue weighted by Gasteiger charge is -2.09. The Balaban J connectivity index is 2.19. The van der Waals surface area contributed by atoms with E-state index in [0.29, 0.717) is 5.89 Å². The Hall–Kier alpha value is -1.81. The van der Waals surface area contributed by atoms with Gasteiger partial charge in [-0.3, -0.25) is 5.73 Å². The molecule has 4 nitrogen and oxygen atoms in total. The zero-order valence-electron chi connectivity index (χ0n) is 9.31. The highest BCUT2D eigenvalue weighted by Crippen LogP contribution is 2.21. The van der Waals surface area contributed by atoms with Crippen molar-refractivity contribution in [1.29, 1.82) is 0 Å². The van der Waals surface area contributed by atoms with Gasteiger partial charge in [0, 0.05) is 12.5 Å². The summed E-state index contributed by atoms with van der Waals surface area (Å²) >= 11 is 0. The molecular formula is C12H14N2O2. The number of aromatic nitrogens is 1. The number of hydrogen-bond acceptors (Lipinski definition) is 4. The summed E-state index contributed by atoms with van der Waals surface area (Å²) in [4.78, 5) is 4.24. The molecule has 2 N–H and O–H groups in total. The van der Waals surface area contributed by atoms with Crippen molar-refractivity contribution >= 4 is 0 Å². The van der Waals surface area contributed by atoms with Gasteiger partial charge >= 0.3 is 0 Å². The molecule has 84 valence electrons. The predicted octanol–water partition coefficient (Wildman–Crippen LogP) is 2.33. The van der Waals surface area contributed by atoms with E-state index in [2.05, 4.69) is 4.98 Å². The summed E-state index contributed by atoms with van der Waals surface area (Å²) in [5.74, 6) is 1.41. The molecule has 1 heterocycles. The normalized spacial score (nSPS) is 12.4. The molecule has 1 aromatic carbocycles. The highest BCUT2D eigenvalue weighted by Gasteiger charge is 2.04. The second-order valence-electron chi connectivity index (χ2n) is 3.60. The molecule has 16 heavy (non-hydrogen) atoms. The van der Waals surface area contributed by atoms with Crippen LogP contribution in [0.25, 0.3) is 11.3 Å². The second-order valence-corrected chi connectivity index (χ2v) is 3.60. The molecule has 0 aliphatic heterocycles. The lowest BCUT2D eigenvalue weighted by Crippen LogP contribution is -2.22. The van der Waals surface area contributed by atoms with E-state index >= 15 is 0 Å². The number of benzene rings is 1. The third-order valence-electron chi connectivity index (χ3n) is 2.09. The fourth-order valence-corrected chi connectivity index (χ4v) is 1.41. The van der Waals surface area contributed by atoms with E-state index < -0.39 is 0 Å². The summed E-state index contributed by atoms with van der Waals surface area (Å²) in [7, 11) is 0. The number of rotatable bonds is 3. The summed E-state index contributed by atoms with van der Waals surface area (Å²) in [6.45, 7) is 3.60. The number of aryl methyl sites for hydroxylation is 1. The van der Waals surface area contributed by atoms with E-state index in [0.717, 1.165) is 17.0 Å². The molecule has 0 amide bonds. The van der Waals surface area contributed by atoms with Gasteiger partial charge < -0.3 is 9.15 Å². The number of oxazole rings is 1. The van der Waals surface area contributed by atoms with E-state index in [1.807, 2.05) is 31.2 Å². The molecule has 0 radical (unpaired) electrons. The summed E-state index contributed by atoms with van der Waals surface area (Å²) in [6.07, 6.45) is 1.33. The molecule has 2 aromatic rings. The number of nitrogens with zero attached hydrogens (tertiary/aromatic N) is 1. The van der Waals surface area contributed by atoms with Crippen molar-refractivity contribution in [2.45, 2.75) is 20.1 Å². The average molecular weight is 218 g/mol. The highest BCUT2D eigenvalue weighted by molar-refractivity contribution is 5.58. The molecule has 1 unspecified atom stereocenters. The van der Waals surface area contributed by atoms with Crippen LogP contribution in [0.5, 0.6) is 5.75 Å². The van der Waals surface area contributed by atoms with Crippen molar-refractivity contribution in [2.24, 2.45) is 5.73 Å². The van der Waals surface area contributed by atoms with Crippen LogP contribution in [0.1, 0.15) is 12.8 Å². The van der Waals surface area contributed by atoms with Crippen molar-refractivity contribution in [1.82, 2.24) is 4.98 Å². The molecule has 1 atom stereocenters. The maximum absolute atomic E-state index is 5.53. The van der Waals surface area contributed by atoms with Crippen LogP contribution in [0.2, 0.25) is 0 Å². The number of nitrogens with two attached hydrogens (primary N) is 1. The minimum atomic E-state index is -0.305. The van der Waals surface area contributed by atoms with E-state index in [4.69, 9.17) is 14.9 Å². The van der Waals surface area contributed by atoms with Crippen molar-refractivity contribution in [3.05, 3.63) is 36.4 Å². The Morgan fingerprint density at radius 3 is 2.50 bits per heavy atom. The van der Waals surface area contributed by atoms with E-state index in [9.17, 15) is 0 Å². The van der Waals surface area contributed by atoms with Gasteiger partial charge in [-0.2, -0.15) is 0 Å². The van der Waals surface area contributed by atoms with Gasteiger partial charge in [0.15, 0.2) is 5.89 Å². The van der Waals surface area contributed by atoms with Gasteiger partial charge in [0.05, 0.1) is 0 Å². The summed E-state index contributed by atoms with van der Waals surface area (Å²) < 4.78 is 10.5. The molecule has 0 aliphatic rings. The van der Waals surface area contributed by atoms with Gasteiger partial charge in [-0.25, -0.2) is 4.98 Å². The molecule has 0 bridgehead atoms. The number of ether oxygens (including phenoxy) is 1. The van der Waals surface area contributed by atoms with Gasteiger partial charge in [0.1, 0.15) is 23.9 Å². The topological polar surface area (TPSA) is 61.3 Å². The first kappa shape index (κ1) is 10.7. The first-order valence-electron chi connectivity index (χ1n) is 5.10. The first-order chi connectivity index (χ1) is 7.65. The maximum Gasteiger partial charge on any atom is 0.191 e.